The zero-order chi connectivity index (χ0) is 9.23. The van der Waals surface area contributed by atoms with Gasteiger partial charge in [-0.2, -0.15) is 0 Å². The van der Waals surface area contributed by atoms with Gasteiger partial charge in [0, 0.05) is 13.2 Å². The molecule has 1 heterocycles. The summed E-state index contributed by atoms with van der Waals surface area (Å²) in [5.41, 5.74) is 0. The molecule has 1 aliphatic rings. The first-order valence-corrected chi connectivity index (χ1v) is 6.79. The lowest BCUT2D eigenvalue weighted by atomic mass is 10.4. The molecular weight excluding hydrogens is 168 g/mol. The highest BCUT2D eigenvalue weighted by atomic mass is 28.3. The second kappa shape index (κ2) is 8.97. The summed E-state index contributed by atoms with van der Waals surface area (Å²) in [5, 5.41) is 7.57. The lowest BCUT2D eigenvalue weighted by molar-refractivity contribution is 0.288. The van der Waals surface area contributed by atoms with E-state index in [0.717, 1.165) is 6.61 Å². The third-order valence-electron chi connectivity index (χ3n) is 1.70. The smallest absolute Gasteiger partial charge is 0.180 e. The molecule has 0 saturated carbocycles. The van der Waals surface area contributed by atoms with Crippen LogP contribution in [0, 0.1) is 0 Å². The monoisotopic (exact) mass is 188 g/mol. The molecule has 0 bridgehead atoms. The van der Waals surface area contributed by atoms with Gasteiger partial charge in [-0.05, 0) is 25.4 Å². The Morgan fingerprint density at radius 3 is 2.67 bits per heavy atom. The molecule has 1 rings (SSSR count). The Labute approximate surface area is 77.0 Å². The molecule has 12 heavy (non-hydrogen) atoms. The standard InChI is InChI=1S/C7H14OSi.C2H6O/c1-2-6-9-7-4-3-5-8-9;1-2-3/h2,9H,1,3-7H2;3H,2H2,1H3. The fourth-order valence-corrected chi connectivity index (χ4v) is 3.33. The van der Waals surface area contributed by atoms with Gasteiger partial charge in [-0.3, -0.25) is 0 Å². The molecule has 1 aliphatic heterocycles. The largest absolute Gasteiger partial charge is 0.420 e. The molecule has 1 unspecified atom stereocenters. The van der Waals surface area contributed by atoms with Gasteiger partial charge in [0.25, 0.3) is 0 Å². The van der Waals surface area contributed by atoms with Crippen molar-refractivity contribution < 1.29 is 9.53 Å². The molecule has 0 spiro atoms. The van der Waals surface area contributed by atoms with Crippen molar-refractivity contribution in [3.63, 3.8) is 0 Å². The highest BCUT2D eigenvalue weighted by molar-refractivity contribution is 6.52. The molecule has 2 nitrogen and oxygen atoms in total. The van der Waals surface area contributed by atoms with Crippen LogP contribution in [0.4, 0.5) is 0 Å². The van der Waals surface area contributed by atoms with Crippen molar-refractivity contribution in [1.29, 1.82) is 0 Å². The molecule has 1 fully saturated rings. The van der Waals surface area contributed by atoms with Gasteiger partial charge in [-0.15, -0.1) is 6.58 Å². The summed E-state index contributed by atoms with van der Waals surface area (Å²) in [6.07, 6.45) is 4.67. The Morgan fingerprint density at radius 2 is 2.25 bits per heavy atom. The van der Waals surface area contributed by atoms with Gasteiger partial charge in [0.05, 0.1) is 0 Å². The normalized spacial score (nSPS) is 22.3. The van der Waals surface area contributed by atoms with Gasteiger partial charge in [0.15, 0.2) is 9.04 Å². The Balaban J connectivity index is 0.000000354. The molecule has 0 aromatic carbocycles. The minimum atomic E-state index is -0.744. The van der Waals surface area contributed by atoms with Gasteiger partial charge in [-0.25, -0.2) is 0 Å². The zero-order valence-electron chi connectivity index (χ0n) is 7.96. The third-order valence-corrected chi connectivity index (χ3v) is 4.32. The van der Waals surface area contributed by atoms with E-state index in [9.17, 15) is 0 Å². The van der Waals surface area contributed by atoms with Crippen LogP contribution >= 0.6 is 0 Å². The molecule has 0 aromatic rings. The topological polar surface area (TPSA) is 29.5 Å². The van der Waals surface area contributed by atoms with E-state index in [2.05, 4.69) is 6.58 Å². The minimum absolute atomic E-state index is 0.250. The SMILES string of the molecule is C=CC[SiH]1CCCCO1.CCO. The van der Waals surface area contributed by atoms with Crippen LogP contribution in [0.2, 0.25) is 12.1 Å². The van der Waals surface area contributed by atoms with E-state index in [4.69, 9.17) is 9.53 Å². The Kier molecular flexibility index (Phi) is 8.88. The molecule has 0 amide bonds. The first-order valence-electron chi connectivity index (χ1n) is 4.68. The van der Waals surface area contributed by atoms with Crippen molar-refractivity contribution in [3.05, 3.63) is 12.7 Å². The number of aliphatic hydroxyl groups is 1. The Bertz CT molecular complexity index is 101. The van der Waals surface area contributed by atoms with Crippen LogP contribution in [0.3, 0.4) is 0 Å². The number of allylic oxidation sites excluding steroid dienone is 1. The summed E-state index contributed by atoms with van der Waals surface area (Å²) in [5.74, 6) is 0. The van der Waals surface area contributed by atoms with Crippen molar-refractivity contribution >= 4 is 9.04 Å². The maximum atomic E-state index is 7.57. The maximum absolute atomic E-state index is 7.57. The van der Waals surface area contributed by atoms with Crippen LogP contribution < -0.4 is 0 Å². The fraction of sp³-hybridized carbons (Fsp3) is 0.778. The minimum Gasteiger partial charge on any atom is -0.420 e. The quantitative estimate of drug-likeness (QED) is 0.528. The fourth-order valence-electron chi connectivity index (χ4n) is 1.18. The predicted molar refractivity (Wildman–Crippen MR) is 54.9 cm³/mol. The summed E-state index contributed by atoms with van der Waals surface area (Å²) in [7, 11) is -0.744. The molecule has 72 valence electrons. The summed E-state index contributed by atoms with van der Waals surface area (Å²) < 4.78 is 5.59. The molecule has 0 aliphatic carbocycles. The van der Waals surface area contributed by atoms with Crippen molar-refractivity contribution in [2.45, 2.75) is 31.9 Å². The summed E-state index contributed by atoms with van der Waals surface area (Å²) >= 11 is 0. The van der Waals surface area contributed by atoms with Gasteiger partial charge in [0.2, 0.25) is 0 Å². The average Bonchev–Trinajstić information content (AvgIpc) is 2.08. The van der Waals surface area contributed by atoms with E-state index in [1.54, 1.807) is 6.92 Å². The predicted octanol–water partition coefficient (Wildman–Crippen LogP) is 1.71. The first-order chi connectivity index (χ1) is 5.85. The zero-order valence-corrected chi connectivity index (χ0v) is 9.11. The van der Waals surface area contributed by atoms with Crippen molar-refractivity contribution in [3.8, 4) is 0 Å². The average molecular weight is 188 g/mol. The Hall–Kier alpha value is -0.123. The molecule has 0 radical (unpaired) electrons. The summed E-state index contributed by atoms with van der Waals surface area (Å²) in [6, 6.07) is 2.53. The number of aliphatic hydroxyl groups excluding tert-OH is 1. The number of rotatable bonds is 2. The molecular formula is C9H20O2Si. The van der Waals surface area contributed by atoms with Crippen molar-refractivity contribution in [1.82, 2.24) is 0 Å². The van der Waals surface area contributed by atoms with Gasteiger partial charge >= 0.3 is 0 Å². The van der Waals surface area contributed by atoms with Crippen LogP contribution in [0.1, 0.15) is 19.8 Å². The van der Waals surface area contributed by atoms with E-state index in [1.165, 1.54) is 24.9 Å². The third kappa shape index (κ3) is 6.58. The molecule has 3 heteroatoms. The van der Waals surface area contributed by atoms with Crippen molar-refractivity contribution in [2.24, 2.45) is 0 Å². The first kappa shape index (κ1) is 11.9. The van der Waals surface area contributed by atoms with E-state index < -0.39 is 9.04 Å². The lowest BCUT2D eigenvalue weighted by Gasteiger charge is -2.19. The van der Waals surface area contributed by atoms with Gasteiger partial charge in [-0.1, -0.05) is 12.5 Å². The molecule has 1 N–H and O–H groups in total. The van der Waals surface area contributed by atoms with Crippen LogP contribution in [0.25, 0.3) is 0 Å². The van der Waals surface area contributed by atoms with E-state index >= 15 is 0 Å². The highest BCUT2D eigenvalue weighted by Gasteiger charge is 2.13. The molecule has 1 atom stereocenters. The second-order valence-corrected chi connectivity index (χ2v) is 5.46. The molecule has 1 saturated heterocycles. The number of hydrogen-bond acceptors (Lipinski definition) is 2. The highest BCUT2D eigenvalue weighted by Crippen LogP contribution is 2.13. The van der Waals surface area contributed by atoms with Gasteiger partial charge in [0.1, 0.15) is 0 Å². The summed E-state index contributed by atoms with van der Waals surface area (Å²) in [4.78, 5) is 0. The van der Waals surface area contributed by atoms with Crippen molar-refractivity contribution in [2.75, 3.05) is 13.2 Å². The van der Waals surface area contributed by atoms with E-state index in [0.29, 0.717) is 0 Å². The number of hydrogen-bond donors (Lipinski definition) is 1. The maximum Gasteiger partial charge on any atom is 0.180 e. The Morgan fingerprint density at radius 1 is 1.58 bits per heavy atom. The summed E-state index contributed by atoms with van der Waals surface area (Å²) in [6.45, 7) is 6.66. The van der Waals surface area contributed by atoms with Crippen LogP contribution in [-0.4, -0.2) is 27.4 Å². The van der Waals surface area contributed by atoms with Crippen LogP contribution in [0.5, 0.6) is 0 Å². The molecule has 0 aromatic heterocycles. The van der Waals surface area contributed by atoms with E-state index in [1.807, 2.05) is 6.08 Å². The lowest BCUT2D eigenvalue weighted by Crippen LogP contribution is -2.21. The van der Waals surface area contributed by atoms with Crippen LogP contribution in [0.15, 0.2) is 12.7 Å². The van der Waals surface area contributed by atoms with E-state index in [-0.39, 0.29) is 6.61 Å². The second-order valence-electron chi connectivity index (χ2n) is 2.83. The van der Waals surface area contributed by atoms with Gasteiger partial charge < -0.3 is 9.53 Å². The van der Waals surface area contributed by atoms with Crippen LogP contribution in [-0.2, 0) is 4.43 Å².